The van der Waals surface area contributed by atoms with E-state index >= 15 is 0 Å². The lowest BCUT2D eigenvalue weighted by atomic mass is 9.72. The molecular weight excluding hydrogens is 496 g/mol. The molecule has 0 spiro atoms. The number of hydrogen-bond donors (Lipinski definition) is 0. The van der Waals surface area contributed by atoms with Crippen LogP contribution in [0.2, 0.25) is 0 Å². The van der Waals surface area contributed by atoms with Gasteiger partial charge in [0.25, 0.3) is 0 Å². The second-order valence-corrected chi connectivity index (χ2v) is 10.9. The molecule has 3 heterocycles. The average molecular weight is 537 g/mol. The first-order valence-corrected chi connectivity index (χ1v) is 14.2. The van der Waals surface area contributed by atoms with Crippen molar-refractivity contribution in [1.29, 1.82) is 0 Å². The summed E-state index contributed by atoms with van der Waals surface area (Å²) in [5.41, 5.74) is 10.5. The van der Waals surface area contributed by atoms with Gasteiger partial charge in [0.1, 0.15) is 11.5 Å². The van der Waals surface area contributed by atoms with Crippen molar-refractivity contribution in [3.05, 3.63) is 101 Å². The van der Waals surface area contributed by atoms with Crippen molar-refractivity contribution in [3.63, 3.8) is 0 Å². The van der Waals surface area contributed by atoms with Gasteiger partial charge in [-0.15, -0.1) is 6.58 Å². The summed E-state index contributed by atoms with van der Waals surface area (Å²) in [6, 6.07) is 10.5. The first kappa shape index (κ1) is 29.0. The third-order valence-corrected chi connectivity index (χ3v) is 7.71. The Morgan fingerprint density at radius 1 is 1.20 bits per heavy atom. The minimum absolute atomic E-state index is 0.137. The van der Waals surface area contributed by atoms with Crippen LogP contribution in [-0.2, 0) is 20.9 Å². The molecule has 208 valence electrons. The second-order valence-electron chi connectivity index (χ2n) is 10.9. The highest BCUT2D eigenvalue weighted by Crippen LogP contribution is 2.50. The molecule has 0 radical (unpaired) electrons. The van der Waals surface area contributed by atoms with Gasteiger partial charge in [-0.3, -0.25) is 4.79 Å². The number of ether oxygens (including phenoxy) is 1. The smallest absolute Gasteiger partial charge is 0.192 e. The average Bonchev–Trinajstić information content (AvgIpc) is 3.29. The molecule has 0 saturated carbocycles. The van der Waals surface area contributed by atoms with Gasteiger partial charge >= 0.3 is 0 Å². The predicted octanol–water partition coefficient (Wildman–Crippen LogP) is 8.14. The Morgan fingerprint density at radius 2 is 1.95 bits per heavy atom. The fraction of sp³-hybridized carbons (Fsp3) is 0.371. The highest BCUT2D eigenvalue weighted by atomic mass is 16.5. The molecule has 3 aliphatic rings. The summed E-state index contributed by atoms with van der Waals surface area (Å²) in [6.45, 7) is 17.7. The fourth-order valence-corrected chi connectivity index (χ4v) is 5.79. The second kappa shape index (κ2) is 12.1. The van der Waals surface area contributed by atoms with Gasteiger partial charge in [-0.05, 0) is 63.8 Å². The van der Waals surface area contributed by atoms with Crippen LogP contribution in [0.5, 0.6) is 0 Å². The number of carbonyl (C=O) groups is 2. The van der Waals surface area contributed by atoms with E-state index in [4.69, 9.17) is 9.72 Å². The van der Waals surface area contributed by atoms with Crippen LogP contribution in [0.4, 0.5) is 0 Å². The first-order valence-electron chi connectivity index (χ1n) is 14.2. The summed E-state index contributed by atoms with van der Waals surface area (Å²) in [6.07, 6.45) is 8.49. The number of hydrogen-bond acceptors (Lipinski definition) is 5. The maximum atomic E-state index is 13.4. The van der Waals surface area contributed by atoms with E-state index in [9.17, 15) is 9.59 Å². The fourth-order valence-electron chi connectivity index (χ4n) is 5.79. The molecule has 5 heteroatoms. The van der Waals surface area contributed by atoms with Gasteiger partial charge in [-0.1, -0.05) is 55.5 Å². The van der Waals surface area contributed by atoms with Gasteiger partial charge in [0, 0.05) is 42.0 Å². The van der Waals surface area contributed by atoms with Crippen LogP contribution in [0.25, 0.3) is 16.6 Å². The normalized spacial score (nSPS) is 20.1. The van der Waals surface area contributed by atoms with Crippen LogP contribution in [-0.4, -0.2) is 27.1 Å². The van der Waals surface area contributed by atoms with E-state index < -0.39 is 5.60 Å². The number of carbonyl (C=O) groups excluding carboxylic acids is 2. The molecule has 1 atom stereocenters. The number of pyridine rings is 1. The van der Waals surface area contributed by atoms with Gasteiger partial charge in [0.2, 0.25) is 0 Å². The largest absolute Gasteiger partial charge is 0.471 e. The molecule has 0 amide bonds. The summed E-state index contributed by atoms with van der Waals surface area (Å²) >= 11 is 0. The van der Waals surface area contributed by atoms with Gasteiger partial charge < -0.3 is 14.4 Å². The minimum atomic E-state index is -0.996. The molecule has 5 nitrogen and oxygen atoms in total. The van der Waals surface area contributed by atoms with E-state index in [-0.39, 0.29) is 11.6 Å². The molecule has 2 aromatic rings. The van der Waals surface area contributed by atoms with Crippen molar-refractivity contribution in [2.75, 3.05) is 0 Å². The topological polar surface area (TPSA) is 59.5 Å². The number of ketones is 2. The molecular formula is C35H40N2O3. The van der Waals surface area contributed by atoms with Crippen LogP contribution < -0.4 is 0 Å². The van der Waals surface area contributed by atoms with Crippen LogP contribution in [0.1, 0.15) is 84.4 Å². The Labute approximate surface area is 238 Å². The maximum Gasteiger partial charge on any atom is 0.192 e. The zero-order valence-corrected chi connectivity index (χ0v) is 24.5. The summed E-state index contributed by atoms with van der Waals surface area (Å²) < 4.78 is 6.37. The van der Waals surface area contributed by atoms with E-state index in [2.05, 4.69) is 68.0 Å². The van der Waals surface area contributed by atoms with Gasteiger partial charge in [-0.25, -0.2) is 4.98 Å². The number of para-hydroxylation sites is 1. The molecule has 2 aliphatic heterocycles. The zero-order valence-electron chi connectivity index (χ0n) is 24.5. The number of nitrogens with zero attached hydrogens (tertiary/aromatic N) is 2. The zero-order chi connectivity index (χ0) is 29.0. The Balaban J connectivity index is 0.000000406. The molecule has 1 aliphatic carbocycles. The minimum Gasteiger partial charge on any atom is -0.471 e. The molecule has 0 N–H and O–H groups in total. The van der Waals surface area contributed by atoms with Crippen molar-refractivity contribution in [2.24, 2.45) is 0 Å². The van der Waals surface area contributed by atoms with Gasteiger partial charge in [0.05, 0.1) is 23.5 Å². The predicted molar refractivity (Wildman–Crippen MR) is 162 cm³/mol. The van der Waals surface area contributed by atoms with Crippen molar-refractivity contribution in [1.82, 2.24) is 9.88 Å². The molecule has 0 fully saturated rings. The lowest BCUT2D eigenvalue weighted by molar-refractivity contribution is -0.137. The number of rotatable bonds is 7. The van der Waals surface area contributed by atoms with Crippen LogP contribution in [0.15, 0.2) is 89.5 Å². The number of aromatic nitrogens is 1. The Morgan fingerprint density at radius 3 is 2.58 bits per heavy atom. The van der Waals surface area contributed by atoms with E-state index in [1.165, 1.54) is 11.1 Å². The standard InChI is InChI=1S/C28H28N2O2.C7H12O/c1-5-14-28(32-18(4)6-2)22-16-25-27-20(15-19-10-8-9-11-23(19)29-27)17-30(25)24(7-3)21(22)12-13-26(28)31;1-6(2)4-5-7(3)8/h7-11,15-16H,2,5,12-14,17H2,1,3-4H3;1,4-5H2,2-3H3/b24-7+;/t28-;/m0./s1. The van der Waals surface area contributed by atoms with Gasteiger partial charge in [0.15, 0.2) is 11.4 Å². The van der Waals surface area contributed by atoms with Crippen molar-refractivity contribution < 1.29 is 14.3 Å². The lowest BCUT2D eigenvalue weighted by Gasteiger charge is -2.43. The number of allylic oxidation sites excluding steroid dienone is 4. The summed E-state index contributed by atoms with van der Waals surface area (Å²) in [5.74, 6) is 0.936. The number of fused-ring (bicyclic) bond motifs is 4. The van der Waals surface area contributed by atoms with Gasteiger partial charge in [-0.2, -0.15) is 0 Å². The van der Waals surface area contributed by atoms with E-state index in [0.717, 1.165) is 64.9 Å². The monoisotopic (exact) mass is 536 g/mol. The number of benzene rings is 1. The van der Waals surface area contributed by atoms with Crippen molar-refractivity contribution in [3.8, 4) is 0 Å². The van der Waals surface area contributed by atoms with E-state index in [1.54, 1.807) is 6.92 Å². The highest BCUT2D eigenvalue weighted by molar-refractivity contribution is 5.96. The highest BCUT2D eigenvalue weighted by Gasteiger charge is 2.49. The van der Waals surface area contributed by atoms with E-state index in [0.29, 0.717) is 25.0 Å². The van der Waals surface area contributed by atoms with Crippen molar-refractivity contribution >= 4 is 28.2 Å². The summed E-state index contributed by atoms with van der Waals surface area (Å²) in [7, 11) is 0. The maximum absolute atomic E-state index is 13.4. The molecule has 40 heavy (non-hydrogen) atoms. The first-order chi connectivity index (χ1) is 19.1. The molecule has 0 bridgehead atoms. The molecule has 1 aromatic heterocycles. The number of Topliss-reactive ketones (excluding diaryl/α,β-unsaturated/α-hetero) is 2. The van der Waals surface area contributed by atoms with Crippen LogP contribution in [0.3, 0.4) is 0 Å². The van der Waals surface area contributed by atoms with Crippen LogP contribution >= 0.6 is 0 Å². The SMILES string of the molecule is C=C(C)CCC(C)=O.C=C=C(C)O[C@]1(CCC)C(=O)CCC2=C1C=C1c3nc4ccccc4cc3CN1/C2=C/C. The molecule has 0 saturated heterocycles. The third kappa shape index (κ3) is 5.52. The summed E-state index contributed by atoms with van der Waals surface area (Å²) in [5, 5.41) is 1.15. The molecule has 0 unspecified atom stereocenters. The van der Waals surface area contributed by atoms with E-state index in [1.807, 2.05) is 26.0 Å². The Hall–Kier alpha value is -3.95. The third-order valence-electron chi connectivity index (χ3n) is 7.71. The molecule has 1 aromatic carbocycles. The summed E-state index contributed by atoms with van der Waals surface area (Å²) in [4.78, 5) is 31.1. The Bertz CT molecular complexity index is 1500. The molecule has 5 rings (SSSR count). The Kier molecular flexibility index (Phi) is 8.76. The quantitative estimate of drug-likeness (QED) is 0.203. The lowest BCUT2D eigenvalue weighted by Crippen LogP contribution is -2.47. The van der Waals surface area contributed by atoms with Crippen LogP contribution in [0, 0.1) is 0 Å². The van der Waals surface area contributed by atoms with Crippen molar-refractivity contribution in [2.45, 2.75) is 85.3 Å².